The lowest BCUT2D eigenvalue weighted by Gasteiger charge is -2.33. The minimum Gasteiger partial charge on any atom is -0.484 e. The lowest BCUT2D eigenvalue weighted by Crippen LogP contribution is -2.39. The fourth-order valence-electron chi connectivity index (χ4n) is 1.90. The van der Waals surface area contributed by atoms with Crippen LogP contribution in [0.1, 0.15) is 13.8 Å². The number of nitrogens with zero attached hydrogens (tertiary/aromatic N) is 1. The molecule has 1 aromatic carbocycles. The van der Waals surface area contributed by atoms with E-state index in [2.05, 4.69) is 36.3 Å². The molecule has 0 radical (unpaired) electrons. The van der Waals surface area contributed by atoms with Gasteiger partial charge in [-0.1, -0.05) is 0 Å². The van der Waals surface area contributed by atoms with E-state index in [1.165, 1.54) is 0 Å². The molecule has 0 unspecified atom stereocenters. The number of hydrogen-bond acceptors (Lipinski definition) is 4. The molecule has 2 heterocycles. The summed E-state index contributed by atoms with van der Waals surface area (Å²) in [6.45, 7) is 4.98. The van der Waals surface area contributed by atoms with Crippen LogP contribution in [0.5, 0.6) is 5.75 Å². The van der Waals surface area contributed by atoms with E-state index in [1.54, 1.807) is 11.3 Å². The van der Waals surface area contributed by atoms with Crippen LogP contribution < -0.4 is 10.1 Å². The third-order valence-electron chi connectivity index (χ3n) is 2.75. The van der Waals surface area contributed by atoms with Gasteiger partial charge in [-0.05, 0) is 32.0 Å². The Morgan fingerprint density at radius 3 is 3.06 bits per heavy atom. The molecular weight excluding hydrogens is 232 g/mol. The third-order valence-corrected chi connectivity index (χ3v) is 3.57. The second-order valence-corrected chi connectivity index (χ2v) is 5.66. The summed E-state index contributed by atoms with van der Waals surface area (Å²) in [4.78, 5) is 4.31. The summed E-state index contributed by atoms with van der Waals surface area (Å²) >= 11 is 1.65. The Balaban J connectivity index is 1.99. The zero-order valence-electron chi connectivity index (χ0n) is 9.86. The fourth-order valence-corrected chi connectivity index (χ4v) is 2.53. The molecule has 0 atom stereocenters. The number of benzene rings is 1. The van der Waals surface area contributed by atoms with Crippen molar-refractivity contribution in [2.75, 3.05) is 11.9 Å². The number of rotatable bonds is 1. The number of nitrogens with one attached hydrogen (secondary N) is 1. The molecule has 1 aromatic heterocycles. The minimum atomic E-state index is -0.143. The summed E-state index contributed by atoms with van der Waals surface area (Å²) in [5.41, 5.74) is 2.04. The Kier molecular flexibility index (Phi) is 2.33. The molecule has 0 bridgehead atoms. The molecule has 1 aliphatic rings. The normalized spacial score (nSPS) is 16.8. The maximum absolute atomic E-state index is 5.91. The van der Waals surface area contributed by atoms with Crippen LogP contribution >= 0.6 is 11.3 Å². The topological polar surface area (TPSA) is 34.2 Å². The summed E-state index contributed by atoms with van der Waals surface area (Å²) in [7, 11) is 0. The maximum atomic E-state index is 5.91. The first-order chi connectivity index (χ1) is 8.14. The van der Waals surface area contributed by atoms with Gasteiger partial charge in [-0.15, -0.1) is 11.3 Å². The van der Waals surface area contributed by atoms with Gasteiger partial charge in [0.1, 0.15) is 16.4 Å². The predicted octanol–water partition coefficient (Wildman–Crippen LogP) is 3.39. The van der Waals surface area contributed by atoms with E-state index in [0.717, 1.165) is 28.6 Å². The van der Waals surface area contributed by atoms with E-state index in [1.807, 2.05) is 17.6 Å². The van der Waals surface area contributed by atoms with Crippen LogP contribution in [0.15, 0.2) is 29.8 Å². The molecule has 0 aliphatic carbocycles. The SMILES string of the molecule is CC1(C)CNc2cc(-c3nccs3)ccc2O1. The standard InChI is InChI=1S/C13H14N2OS/c1-13(2)8-15-10-7-9(3-4-11(10)16-13)12-14-5-6-17-12/h3-7,15H,8H2,1-2H3. The number of fused-ring (bicyclic) bond motifs is 1. The second-order valence-electron chi connectivity index (χ2n) is 4.76. The largest absolute Gasteiger partial charge is 0.484 e. The van der Waals surface area contributed by atoms with E-state index in [4.69, 9.17) is 4.74 Å². The van der Waals surface area contributed by atoms with Gasteiger partial charge in [0.15, 0.2) is 0 Å². The average molecular weight is 246 g/mol. The Morgan fingerprint density at radius 2 is 2.29 bits per heavy atom. The summed E-state index contributed by atoms with van der Waals surface area (Å²) < 4.78 is 5.91. The van der Waals surface area contributed by atoms with E-state index in [9.17, 15) is 0 Å². The zero-order chi connectivity index (χ0) is 11.9. The molecule has 0 saturated heterocycles. The number of aromatic nitrogens is 1. The predicted molar refractivity (Wildman–Crippen MR) is 70.7 cm³/mol. The van der Waals surface area contributed by atoms with Crippen molar-refractivity contribution in [3.8, 4) is 16.3 Å². The van der Waals surface area contributed by atoms with Gasteiger partial charge in [0.2, 0.25) is 0 Å². The van der Waals surface area contributed by atoms with Crippen molar-refractivity contribution in [1.29, 1.82) is 0 Å². The van der Waals surface area contributed by atoms with Crippen LogP contribution in [0.3, 0.4) is 0 Å². The lowest BCUT2D eigenvalue weighted by atomic mass is 10.1. The van der Waals surface area contributed by atoms with Crippen molar-refractivity contribution in [2.24, 2.45) is 0 Å². The van der Waals surface area contributed by atoms with Crippen LogP contribution in [-0.4, -0.2) is 17.1 Å². The van der Waals surface area contributed by atoms with E-state index in [0.29, 0.717) is 0 Å². The van der Waals surface area contributed by atoms with Crippen molar-refractivity contribution in [2.45, 2.75) is 19.4 Å². The zero-order valence-corrected chi connectivity index (χ0v) is 10.7. The van der Waals surface area contributed by atoms with Gasteiger partial charge < -0.3 is 10.1 Å². The smallest absolute Gasteiger partial charge is 0.143 e. The summed E-state index contributed by atoms with van der Waals surface area (Å²) in [6, 6.07) is 6.17. The van der Waals surface area contributed by atoms with Gasteiger partial charge in [-0.3, -0.25) is 0 Å². The molecule has 3 nitrogen and oxygen atoms in total. The fraction of sp³-hybridized carbons (Fsp3) is 0.308. The first kappa shape index (κ1) is 10.6. The first-order valence-electron chi connectivity index (χ1n) is 5.61. The third kappa shape index (κ3) is 2.00. The van der Waals surface area contributed by atoms with Crippen molar-refractivity contribution >= 4 is 17.0 Å². The Bertz CT molecular complexity index is 534. The Morgan fingerprint density at radius 1 is 1.41 bits per heavy atom. The van der Waals surface area contributed by atoms with Gasteiger partial charge >= 0.3 is 0 Å². The molecule has 0 saturated carbocycles. The van der Waals surface area contributed by atoms with Crippen LogP contribution in [-0.2, 0) is 0 Å². The maximum Gasteiger partial charge on any atom is 0.143 e. The van der Waals surface area contributed by atoms with E-state index in [-0.39, 0.29) is 5.60 Å². The van der Waals surface area contributed by atoms with Gasteiger partial charge in [0.25, 0.3) is 0 Å². The highest BCUT2D eigenvalue weighted by Crippen LogP contribution is 2.36. The van der Waals surface area contributed by atoms with Gasteiger partial charge in [0.05, 0.1) is 12.2 Å². The monoisotopic (exact) mass is 246 g/mol. The minimum absolute atomic E-state index is 0.143. The van der Waals surface area contributed by atoms with Crippen LogP contribution in [0.2, 0.25) is 0 Å². The molecule has 0 fully saturated rings. The summed E-state index contributed by atoms with van der Waals surface area (Å²) in [6.07, 6.45) is 1.83. The van der Waals surface area contributed by atoms with Crippen molar-refractivity contribution < 1.29 is 4.74 Å². The van der Waals surface area contributed by atoms with Gasteiger partial charge in [-0.25, -0.2) is 4.98 Å². The highest BCUT2D eigenvalue weighted by atomic mass is 32.1. The quantitative estimate of drug-likeness (QED) is 0.837. The number of anilines is 1. The highest BCUT2D eigenvalue weighted by molar-refractivity contribution is 7.13. The molecule has 1 N–H and O–H groups in total. The van der Waals surface area contributed by atoms with Gasteiger partial charge in [-0.2, -0.15) is 0 Å². The van der Waals surface area contributed by atoms with E-state index < -0.39 is 0 Å². The van der Waals surface area contributed by atoms with Crippen molar-refractivity contribution in [3.63, 3.8) is 0 Å². The molecule has 3 rings (SSSR count). The number of hydrogen-bond donors (Lipinski definition) is 1. The molecule has 1 aliphatic heterocycles. The van der Waals surface area contributed by atoms with Crippen LogP contribution in [0.4, 0.5) is 5.69 Å². The lowest BCUT2D eigenvalue weighted by molar-refractivity contribution is 0.116. The number of thiazole rings is 1. The summed E-state index contributed by atoms with van der Waals surface area (Å²) in [5.74, 6) is 0.918. The molecule has 0 amide bonds. The van der Waals surface area contributed by atoms with Crippen LogP contribution in [0, 0.1) is 0 Å². The Hall–Kier alpha value is -1.55. The summed E-state index contributed by atoms with van der Waals surface area (Å²) in [5, 5.41) is 6.44. The molecule has 17 heavy (non-hydrogen) atoms. The Labute approximate surface area is 104 Å². The number of ether oxygens (including phenoxy) is 1. The van der Waals surface area contributed by atoms with Crippen molar-refractivity contribution in [1.82, 2.24) is 4.98 Å². The average Bonchev–Trinajstić information content (AvgIpc) is 2.81. The molecule has 2 aromatic rings. The second kappa shape index (κ2) is 3.74. The molecular formula is C13H14N2OS. The molecule has 88 valence electrons. The van der Waals surface area contributed by atoms with Crippen molar-refractivity contribution in [3.05, 3.63) is 29.8 Å². The van der Waals surface area contributed by atoms with Gasteiger partial charge in [0, 0.05) is 17.1 Å². The van der Waals surface area contributed by atoms with Crippen LogP contribution in [0.25, 0.3) is 10.6 Å². The molecule has 4 heteroatoms. The highest BCUT2D eigenvalue weighted by Gasteiger charge is 2.26. The first-order valence-corrected chi connectivity index (χ1v) is 6.49. The van der Waals surface area contributed by atoms with E-state index >= 15 is 0 Å². The molecule has 0 spiro atoms.